The molecule has 6 heteroatoms. The van der Waals surface area contributed by atoms with Crippen LogP contribution in [0.2, 0.25) is 0 Å². The monoisotopic (exact) mass is 255 g/mol. The summed E-state index contributed by atoms with van der Waals surface area (Å²) in [5, 5.41) is 0. The molecule has 4 nitrogen and oxygen atoms in total. The Morgan fingerprint density at radius 1 is 1.44 bits per heavy atom. The zero-order valence-electron chi connectivity index (χ0n) is 9.77. The highest BCUT2D eigenvalue weighted by molar-refractivity contribution is 5.84. The molecule has 1 heterocycles. The van der Waals surface area contributed by atoms with E-state index in [0.717, 1.165) is 6.42 Å². The molecule has 0 spiro atoms. The number of benzene rings is 1. The lowest BCUT2D eigenvalue weighted by Crippen LogP contribution is -2.40. The number of carbonyl (C=O) groups is 1. The summed E-state index contributed by atoms with van der Waals surface area (Å²) in [4.78, 5) is 12.9. The van der Waals surface area contributed by atoms with Crippen molar-refractivity contribution in [2.75, 3.05) is 17.2 Å². The lowest BCUT2D eigenvalue weighted by Gasteiger charge is -2.26. The average Bonchev–Trinajstić information content (AvgIpc) is 2.77. The Labute approximate surface area is 104 Å². The van der Waals surface area contributed by atoms with Gasteiger partial charge in [-0.25, -0.2) is 8.78 Å². The molecule has 1 unspecified atom stereocenters. The molecule has 1 aromatic rings. The zero-order chi connectivity index (χ0) is 13.3. The highest BCUT2D eigenvalue weighted by Gasteiger charge is 2.31. The predicted molar refractivity (Wildman–Crippen MR) is 65.4 cm³/mol. The largest absolute Gasteiger partial charge is 0.399 e. The molecule has 98 valence electrons. The molecule has 1 saturated heterocycles. The van der Waals surface area contributed by atoms with Crippen LogP contribution in [0.1, 0.15) is 24.8 Å². The van der Waals surface area contributed by atoms with Crippen LogP contribution in [-0.2, 0) is 4.79 Å². The van der Waals surface area contributed by atoms with Crippen LogP contribution in [0.25, 0.3) is 0 Å². The van der Waals surface area contributed by atoms with Gasteiger partial charge in [-0.05, 0) is 31.0 Å². The molecule has 4 N–H and O–H groups in total. The van der Waals surface area contributed by atoms with Gasteiger partial charge in [0.2, 0.25) is 5.91 Å². The third-order valence-corrected chi connectivity index (χ3v) is 3.18. The summed E-state index contributed by atoms with van der Waals surface area (Å²) < 4.78 is 26.0. The number of nitrogen functional groups attached to an aromatic ring is 1. The summed E-state index contributed by atoms with van der Waals surface area (Å²) in [6.07, 6.45) is -1.26. The van der Waals surface area contributed by atoms with Crippen LogP contribution in [0.5, 0.6) is 0 Å². The Kier molecular flexibility index (Phi) is 3.36. The third-order valence-electron chi connectivity index (χ3n) is 3.18. The minimum atomic E-state index is -2.63. The Morgan fingerprint density at radius 2 is 2.17 bits per heavy atom. The molecule has 1 atom stereocenters. The second-order valence-corrected chi connectivity index (χ2v) is 4.37. The molecular formula is C12H15F2N3O. The highest BCUT2D eigenvalue weighted by atomic mass is 19.3. The van der Waals surface area contributed by atoms with Gasteiger partial charge in [0.15, 0.2) is 0 Å². The van der Waals surface area contributed by atoms with Gasteiger partial charge in [-0.3, -0.25) is 4.79 Å². The zero-order valence-corrected chi connectivity index (χ0v) is 9.77. The van der Waals surface area contributed by atoms with Crippen LogP contribution in [0, 0.1) is 0 Å². The summed E-state index contributed by atoms with van der Waals surface area (Å²) in [7, 11) is 0. The quantitative estimate of drug-likeness (QED) is 0.807. The van der Waals surface area contributed by atoms with Gasteiger partial charge < -0.3 is 16.4 Å². The van der Waals surface area contributed by atoms with Crippen molar-refractivity contribution < 1.29 is 13.6 Å². The maximum Gasteiger partial charge on any atom is 0.265 e. The van der Waals surface area contributed by atoms with Crippen LogP contribution >= 0.6 is 0 Å². The van der Waals surface area contributed by atoms with E-state index >= 15 is 0 Å². The first-order valence-electron chi connectivity index (χ1n) is 5.74. The van der Waals surface area contributed by atoms with Gasteiger partial charge in [0.05, 0.1) is 0 Å². The minimum absolute atomic E-state index is 0.150. The lowest BCUT2D eigenvalue weighted by atomic mass is 10.1. The van der Waals surface area contributed by atoms with Gasteiger partial charge in [0.1, 0.15) is 6.04 Å². The van der Waals surface area contributed by atoms with E-state index in [0.29, 0.717) is 18.7 Å². The second-order valence-electron chi connectivity index (χ2n) is 4.37. The molecule has 0 aliphatic carbocycles. The first-order valence-corrected chi connectivity index (χ1v) is 5.74. The van der Waals surface area contributed by atoms with E-state index in [1.165, 1.54) is 12.1 Å². The fraction of sp³-hybridized carbons (Fsp3) is 0.417. The van der Waals surface area contributed by atoms with Crippen LogP contribution in [-0.4, -0.2) is 18.5 Å². The number of primary amides is 1. The predicted octanol–water partition coefficient (Wildman–Crippen LogP) is 1.66. The van der Waals surface area contributed by atoms with Gasteiger partial charge in [-0.2, -0.15) is 0 Å². The van der Waals surface area contributed by atoms with E-state index in [1.807, 2.05) is 0 Å². The minimum Gasteiger partial charge on any atom is -0.399 e. The van der Waals surface area contributed by atoms with E-state index < -0.39 is 18.4 Å². The lowest BCUT2D eigenvalue weighted by molar-refractivity contribution is -0.119. The molecular weight excluding hydrogens is 240 g/mol. The molecule has 1 aliphatic rings. The van der Waals surface area contributed by atoms with Gasteiger partial charge in [-0.1, -0.05) is 0 Å². The first-order chi connectivity index (χ1) is 8.50. The number of hydrogen-bond donors (Lipinski definition) is 2. The van der Waals surface area contributed by atoms with Crippen LogP contribution in [0.4, 0.5) is 20.2 Å². The van der Waals surface area contributed by atoms with Gasteiger partial charge in [0, 0.05) is 23.5 Å². The fourth-order valence-electron chi connectivity index (χ4n) is 2.36. The number of amides is 1. The summed E-state index contributed by atoms with van der Waals surface area (Å²) in [5.41, 5.74) is 11.3. The maximum atomic E-state index is 13.0. The Bertz CT molecular complexity index is 465. The number of nitrogens with two attached hydrogens (primary N) is 2. The van der Waals surface area contributed by atoms with E-state index in [2.05, 4.69) is 0 Å². The number of anilines is 2. The molecule has 0 aromatic heterocycles. The summed E-state index contributed by atoms with van der Waals surface area (Å²) in [5.74, 6) is -0.482. The number of nitrogens with zero attached hydrogens (tertiary/aromatic N) is 1. The standard InChI is InChI=1S/C12H15F2N3O/c13-11(14)8-6-7(15)3-4-9(8)17-5-1-2-10(17)12(16)18/h3-4,6,10-11H,1-2,5,15H2,(H2,16,18). The number of halogens is 2. The molecule has 1 amide bonds. The van der Waals surface area contributed by atoms with Crippen molar-refractivity contribution in [3.05, 3.63) is 23.8 Å². The van der Waals surface area contributed by atoms with E-state index in [4.69, 9.17) is 11.5 Å². The van der Waals surface area contributed by atoms with E-state index in [9.17, 15) is 13.6 Å². The van der Waals surface area contributed by atoms with Crippen molar-refractivity contribution in [3.63, 3.8) is 0 Å². The average molecular weight is 255 g/mol. The van der Waals surface area contributed by atoms with Gasteiger partial charge in [0.25, 0.3) is 6.43 Å². The highest BCUT2D eigenvalue weighted by Crippen LogP contribution is 2.35. The van der Waals surface area contributed by atoms with E-state index in [-0.39, 0.29) is 11.3 Å². The normalized spacial score (nSPS) is 19.5. The maximum absolute atomic E-state index is 13.0. The SMILES string of the molecule is NC(=O)C1CCCN1c1ccc(N)cc1C(F)F. The topological polar surface area (TPSA) is 72.4 Å². The van der Waals surface area contributed by atoms with Crippen molar-refractivity contribution in [1.29, 1.82) is 0 Å². The molecule has 18 heavy (non-hydrogen) atoms. The van der Waals surface area contributed by atoms with Gasteiger partial charge >= 0.3 is 0 Å². The molecule has 1 aromatic carbocycles. The first kappa shape index (κ1) is 12.6. The van der Waals surface area contributed by atoms with Crippen LogP contribution in [0.15, 0.2) is 18.2 Å². The molecule has 2 rings (SSSR count). The Balaban J connectivity index is 2.41. The van der Waals surface area contributed by atoms with Crippen molar-refractivity contribution in [2.45, 2.75) is 25.3 Å². The Hall–Kier alpha value is -1.85. The number of carbonyl (C=O) groups excluding carboxylic acids is 1. The third kappa shape index (κ3) is 2.23. The number of hydrogen-bond acceptors (Lipinski definition) is 3. The fourth-order valence-corrected chi connectivity index (χ4v) is 2.36. The molecule has 0 bridgehead atoms. The van der Waals surface area contributed by atoms with Crippen LogP contribution < -0.4 is 16.4 Å². The van der Waals surface area contributed by atoms with Crippen molar-refractivity contribution in [1.82, 2.24) is 0 Å². The number of rotatable bonds is 3. The summed E-state index contributed by atoms with van der Waals surface area (Å²) in [6, 6.07) is 3.82. The van der Waals surface area contributed by atoms with E-state index in [1.54, 1.807) is 11.0 Å². The number of alkyl halides is 2. The Morgan fingerprint density at radius 3 is 2.78 bits per heavy atom. The van der Waals surface area contributed by atoms with Crippen molar-refractivity contribution in [2.24, 2.45) is 5.73 Å². The molecule has 0 radical (unpaired) electrons. The second kappa shape index (κ2) is 4.80. The van der Waals surface area contributed by atoms with Crippen molar-refractivity contribution >= 4 is 17.3 Å². The van der Waals surface area contributed by atoms with Gasteiger partial charge in [-0.15, -0.1) is 0 Å². The smallest absolute Gasteiger partial charge is 0.265 e. The van der Waals surface area contributed by atoms with Crippen LogP contribution in [0.3, 0.4) is 0 Å². The molecule has 1 fully saturated rings. The van der Waals surface area contributed by atoms with Crippen molar-refractivity contribution in [3.8, 4) is 0 Å². The summed E-state index contributed by atoms with van der Waals surface area (Å²) >= 11 is 0. The molecule has 1 aliphatic heterocycles. The summed E-state index contributed by atoms with van der Waals surface area (Å²) in [6.45, 7) is 0.553. The molecule has 0 saturated carbocycles.